The molecule has 2 aromatic rings. The standard InChI is InChI=1S/C14H19N3/c1-12(13-6-4-3-5-7-13)8-15-9-14-10-16-11-17(14)2/h3-7,10-12,15H,8-9H2,1-2H3. The molecule has 2 rings (SSSR count). The Morgan fingerprint density at radius 1 is 1.29 bits per heavy atom. The van der Waals surface area contributed by atoms with E-state index < -0.39 is 0 Å². The van der Waals surface area contributed by atoms with Crippen molar-refractivity contribution in [2.45, 2.75) is 19.4 Å². The second-order valence-electron chi connectivity index (χ2n) is 4.44. The summed E-state index contributed by atoms with van der Waals surface area (Å²) in [6.07, 6.45) is 3.73. The average Bonchev–Trinajstić information content (AvgIpc) is 2.76. The molecule has 1 aromatic heterocycles. The quantitative estimate of drug-likeness (QED) is 0.852. The number of benzene rings is 1. The van der Waals surface area contributed by atoms with Crippen molar-refractivity contribution in [3.63, 3.8) is 0 Å². The Labute approximate surface area is 103 Å². The van der Waals surface area contributed by atoms with E-state index in [2.05, 4.69) is 47.6 Å². The Hall–Kier alpha value is -1.61. The molecule has 90 valence electrons. The van der Waals surface area contributed by atoms with Gasteiger partial charge in [-0.3, -0.25) is 0 Å². The van der Waals surface area contributed by atoms with Gasteiger partial charge in [0, 0.05) is 26.3 Å². The number of rotatable bonds is 5. The van der Waals surface area contributed by atoms with E-state index in [9.17, 15) is 0 Å². The molecule has 3 nitrogen and oxygen atoms in total. The summed E-state index contributed by atoms with van der Waals surface area (Å²) >= 11 is 0. The normalized spacial score (nSPS) is 12.6. The minimum atomic E-state index is 0.532. The molecule has 1 unspecified atom stereocenters. The van der Waals surface area contributed by atoms with Crippen LogP contribution in [0.25, 0.3) is 0 Å². The second-order valence-corrected chi connectivity index (χ2v) is 4.44. The monoisotopic (exact) mass is 229 g/mol. The van der Waals surface area contributed by atoms with Crippen LogP contribution in [-0.4, -0.2) is 16.1 Å². The van der Waals surface area contributed by atoms with E-state index in [1.165, 1.54) is 11.3 Å². The molecule has 3 heteroatoms. The van der Waals surface area contributed by atoms with Gasteiger partial charge in [-0.25, -0.2) is 4.98 Å². The van der Waals surface area contributed by atoms with Gasteiger partial charge >= 0.3 is 0 Å². The van der Waals surface area contributed by atoms with Crippen molar-refractivity contribution in [3.05, 3.63) is 54.1 Å². The van der Waals surface area contributed by atoms with Crippen molar-refractivity contribution < 1.29 is 0 Å². The molecule has 0 amide bonds. The molecule has 0 aliphatic heterocycles. The van der Waals surface area contributed by atoms with Gasteiger partial charge < -0.3 is 9.88 Å². The van der Waals surface area contributed by atoms with Gasteiger partial charge in [0.15, 0.2) is 0 Å². The van der Waals surface area contributed by atoms with Crippen LogP contribution in [0.2, 0.25) is 0 Å². The smallest absolute Gasteiger partial charge is 0.0945 e. The lowest BCUT2D eigenvalue weighted by atomic mass is 10.0. The number of hydrogen-bond acceptors (Lipinski definition) is 2. The molecule has 0 fully saturated rings. The van der Waals surface area contributed by atoms with Crippen LogP contribution in [0.3, 0.4) is 0 Å². The fraction of sp³-hybridized carbons (Fsp3) is 0.357. The van der Waals surface area contributed by atoms with Crippen molar-refractivity contribution in [2.24, 2.45) is 7.05 Å². The predicted octanol–water partition coefficient (Wildman–Crippen LogP) is 2.31. The lowest BCUT2D eigenvalue weighted by Crippen LogP contribution is -2.20. The van der Waals surface area contributed by atoms with Crippen molar-refractivity contribution in [2.75, 3.05) is 6.54 Å². The highest BCUT2D eigenvalue weighted by Gasteiger charge is 2.04. The highest BCUT2D eigenvalue weighted by molar-refractivity contribution is 5.19. The summed E-state index contributed by atoms with van der Waals surface area (Å²) in [5, 5.41) is 3.47. The van der Waals surface area contributed by atoms with Crippen molar-refractivity contribution in [1.29, 1.82) is 0 Å². The van der Waals surface area contributed by atoms with E-state index in [-0.39, 0.29) is 0 Å². The number of hydrogen-bond donors (Lipinski definition) is 1. The van der Waals surface area contributed by atoms with Crippen LogP contribution in [-0.2, 0) is 13.6 Å². The summed E-state index contributed by atoms with van der Waals surface area (Å²) in [6, 6.07) is 10.6. The van der Waals surface area contributed by atoms with Crippen molar-refractivity contribution in [3.8, 4) is 0 Å². The molecule has 0 bridgehead atoms. The van der Waals surface area contributed by atoms with Crippen LogP contribution in [0.5, 0.6) is 0 Å². The van der Waals surface area contributed by atoms with E-state index in [4.69, 9.17) is 0 Å². The zero-order valence-corrected chi connectivity index (χ0v) is 10.4. The van der Waals surface area contributed by atoms with Crippen LogP contribution in [0.15, 0.2) is 42.9 Å². The largest absolute Gasteiger partial charge is 0.337 e. The fourth-order valence-corrected chi connectivity index (χ4v) is 1.87. The van der Waals surface area contributed by atoms with Gasteiger partial charge in [0.25, 0.3) is 0 Å². The number of aromatic nitrogens is 2. The predicted molar refractivity (Wildman–Crippen MR) is 69.8 cm³/mol. The molecule has 1 N–H and O–H groups in total. The summed E-state index contributed by atoms with van der Waals surface area (Å²) in [5.74, 6) is 0.532. The zero-order chi connectivity index (χ0) is 12.1. The van der Waals surface area contributed by atoms with Gasteiger partial charge in [0.1, 0.15) is 0 Å². The minimum Gasteiger partial charge on any atom is -0.337 e. The maximum Gasteiger partial charge on any atom is 0.0945 e. The lowest BCUT2D eigenvalue weighted by molar-refractivity contribution is 0.597. The SMILES string of the molecule is CC(CNCc1cncn1C)c1ccccc1. The van der Waals surface area contributed by atoms with Crippen LogP contribution in [0, 0.1) is 0 Å². The highest BCUT2D eigenvalue weighted by atomic mass is 15.0. The first kappa shape index (κ1) is 11.9. The second kappa shape index (κ2) is 5.64. The first-order chi connectivity index (χ1) is 8.27. The van der Waals surface area contributed by atoms with Crippen LogP contribution >= 0.6 is 0 Å². The lowest BCUT2D eigenvalue weighted by Gasteiger charge is -2.13. The summed E-state index contributed by atoms with van der Waals surface area (Å²) in [4.78, 5) is 4.10. The van der Waals surface area contributed by atoms with Crippen LogP contribution in [0.4, 0.5) is 0 Å². The van der Waals surface area contributed by atoms with Gasteiger partial charge in [-0.05, 0) is 11.5 Å². The van der Waals surface area contributed by atoms with Gasteiger partial charge in [0.2, 0.25) is 0 Å². The minimum absolute atomic E-state index is 0.532. The number of nitrogens with zero attached hydrogens (tertiary/aromatic N) is 2. The fourth-order valence-electron chi connectivity index (χ4n) is 1.87. The molecular weight excluding hydrogens is 210 g/mol. The van der Waals surface area contributed by atoms with Crippen LogP contribution in [0.1, 0.15) is 24.1 Å². The van der Waals surface area contributed by atoms with Gasteiger partial charge in [0.05, 0.1) is 12.0 Å². The topological polar surface area (TPSA) is 29.9 Å². The molecule has 1 aromatic carbocycles. The molecule has 0 aliphatic carbocycles. The van der Waals surface area contributed by atoms with Crippen molar-refractivity contribution in [1.82, 2.24) is 14.9 Å². The summed E-state index contributed by atoms with van der Waals surface area (Å²) in [5.41, 5.74) is 2.59. The molecule has 1 atom stereocenters. The Kier molecular flexibility index (Phi) is 3.94. The molecule has 0 aliphatic rings. The third-order valence-corrected chi connectivity index (χ3v) is 3.04. The summed E-state index contributed by atoms with van der Waals surface area (Å²) < 4.78 is 2.04. The van der Waals surface area contributed by atoms with Gasteiger partial charge in [-0.15, -0.1) is 0 Å². The maximum absolute atomic E-state index is 4.10. The molecule has 0 saturated carbocycles. The Balaban J connectivity index is 1.81. The van der Waals surface area contributed by atoms with E-state index in [1.54, 1.807) is 0 Å². The van der Waals surface area contributed by atoms with Gasteiger partial charge in [-0.2, -0.15) is 0 Å². The van der Waals surface area contributed by atoms with E-state index in [1.807, 2.05) is 24.1 Å². The third kappa shape index (κ3) is 3.17. The van der Waals surface area contributed by atoms with E-state index in [0.717, 1.165) is 13.1 Å². The molecule has 0 saturated heterocycles. The molecule has 0 radical (unpaired) electrons. The third-order valence-electron chi connectivity index (χ3n) is 3.04. The molecule has 17 heavy (non-hydrogen) atoms. The number of imidazole rings is 1. The van der Waals surface area contributed by atoms with Crippen LogP contribution < -0.4 is 5.32 Å². The number of aryl methyl sites for hydroxylation is 1. The molecular formula is C14H19N3. The Morgan fingerprint density at radius 2 is 2.06 bits per heavy atom. The molecule has 0 spiro atoms. The first-order valence-corrected chi connectivity index (χ1v) is 5.98. The average molecular weight is 229 g/mol. The maximum atomic E-state index is 4.10. The van der Waals surface area contributed by atoms with E-state index >= 15 is 0 Å². The zero-order valence-electron chi connectivity index (χ0n) is 10.4. The number of nitrogens with one attached hydrogen (secondary N) is 1. The summed E-state index contributed by atoms with van der Waals surface area (Å²) in [7, 11) is 2.02. The van der Waals surface area contributed by atoms with Crippen molar-refractivity contribution >= 4 is 0 Å². The van der Waals surface area contributed by atoms with E-state index in [0.29, 0.717) is 5.92 Å². The first-order valence-electron chi connectivity index (χ1n) is 5.98. The Morgan fingerprint density at radius 3 is 2.71 bits per heavy atom. The van der Waals surface area contributed by atoms with Gasteiger partial charge in [-0.1, -0.05) is 37.3 Å². The molecule has 1 heterocycles. The highest BCUT2D eigenvalue weighted by Crippen LogP contribution is 2.13. The Bertz CT molecular complexity index is 448. The summed E-state index contributed by atoms with van der Waals surface area (Å²) in [6.45, 7) is 4.09.